The summed E-state index contributed by atoms with van der Waals surface area (Å²) in [5, 5.41) is 30.5. The fourth-order valence-corrected chi connectivity index (χ4v) is 6.40. The van der Waals surface area contributed by atoms with Gasteiger partial charge in [0, 0.05) is 12.8 Å². The van der Waals surface area contributed by atoms with Crippen molar-refractivity contribution in [3.63, 3.8) is 0 Å². The maximum absolute atomic E-state index is 12.7. The van der Waals surface area contributed by atoms with Crippen LogP contribution < -0.4 is 0 Å². The van der Waals surface area contributed by atoms with Crippen molar-refractivity contribution in [1.82, 2.24) is 0 Å². The van der Waals surface area contributed by atoms with Crippen molar-refractivity contribution in [2.75, 3.05) is 26.4 Å². The van der Waals surface area contributed by atoms with Gasteiger partial charge in [-0.15, -0.1) is 0 Å². The molecule has 0 spiro atoms. The van der Waals surface area contributed by atoms with Crippen molar-refractivity contribution >= 4 is 27.6 Å². The highest BCUT2D eigenvalue weighted by molar-refractivity contribution is 7.47. The molecule has 0 saturated carbocycles. The Hall–Kier alpha value is -3.04. The summed E-state index contributed by atoms with van der Waals surface area (Å²) in [5.74, 6) is -1.36. The Kier molecular flexibility index (Phi) is 38.5. The van der Waals surface area contributed by atoms with Gasteiger partial charge < -0.3 is 39.5 Å². The van der Waals surface area contributed by atoms with E-state index in [9.17, 15) is 38.9 Å². The number of allylic oxidation sites excluding steroid dienone is 15. The average molecular weight is 931 g/mol. The molecule has 0 aliphatic carbocycles. The van der Waals surface area contributed by atoms with Crippen molar-refractivity contribution in [3.8, 4) is 0 Å². The zero-order valence-corrected chi connectivity index (χ0v) is 39.1. The fraction of sp³-hybridized carbons (Fsp3) is 0.609. The van der Waals surface area contributed by atoms with Crippen LogP contribution in [0.15, 0.2) is 97.2 Å². The van der Waals surface area contributed by atoms with Gasteiger partial charge in [0.1, 0.15) is 12.7 Å². The Morgan fingerprint density at radius 1 is 0.508 bits per heavy atom. The summed E-state index contributed by atoms with van der Waals surface area (Å²) in [6.45, 7) is 1.15. The third-order valence-corrected chi connectivity index (χ3v) is 10.1. The summed E-state index contributed by atoms with van der Waals surface area (Å²) < 4.78 is 47.6. The highest BCUT2D eigenvalue weighted by Gasteiger charge is 2.28. The molecule has 0 aliphatic heterocycles. The highest BCUT2D eigenvalue weighted by atomic mass is 31.2. The van der Waals surface area contributed by atoms with E-state index in [1.807, 2.05) is 18.2 Å². The normalized spacial score (nSPS) is 15.9. The van der Waals surface area contributed by atoms with E-state index in [-0.39, 0.29) is 32.1 Å². The molecule has 0 fully saturated rings. The minimum Gasteiger partial charge on any atom is -0.462 e. The maximum Gasteiger partial charge on any atom is 0.472 e. The van der Waals surface area contributed by atoms with Crippen LogP contribution in [0.5, 0.6) is 0 Å². The van der Waals surface area contributed by atoms with E-state index in [2.05, 4.69) is 95.8 Å². The Bertz CT molecular complexity index is 1510. The van der Waals surface area contributed by atoms with Gasteiger partial charge >= 0.3 is 27.6 Å². The van der Waals surface area contributed by atoms with E-state index >= 15 is 0 Å². The number of carbonyl (C=O) groups is 2. The minimum atomic E-state index is -4.91. The van der Waals surface area contributed by atoms with E-state index in [0.29, 0.717) is 12.8 Å². The monoisotopic (exact) mass is 930 g/mol. The molecule has 1 unspecified atom stereocenters. The second-order valence-corrected chi connectivity index (χ2v) is 17.2. The highest BCUT2D eigenvalue weighted by Crippen LogP contribution is 2.43. The number of phosphoric acid groups is 2. The summed E-state index contributed by atoms with van der Waals surface area (Å²) in [6.07, 6.45) is 39.9. The standard InChI is InChI=1S/C46H76O15P2/c1-3-5-7-9-11-13-15-17-18-19-20-21-23-25-27-29-31-35-45(50)57-39-42(40-60-63(55,56)59-38-41(47)37-58-62(52,53)54)61-46(51)36-32-34-44(49)43(48)33-30-28-26-24-22-16-14-12-10-8-6-4-2/h5-8,11-14,17-18,20-22,24,28,30,41-44,47-49H,3-4,9-10,15-16,19,23,25-27,29,31-40H2,1-2H3,(H,55,56)(H2,52,53,54)/b7-5-,8-6-,13-11-,14-12-,18-17-,21-20-,24-22-,30-28-/t41-,42+,43+,44+/m0/s1. The van der Waals surface area contributed by atoms with E-state index in [1.54, 1.807) is 6.08 Å². The molecule has 0 amide bonds. The molecule has 360 valence electrons. The van der Waals surface area contributed by atoms with E-state index in [4.69, 9.17) is 23.8 Å². The lowest BCUT2D eigenvalue weighted by Crippen LogP contribution is -2.30. The molecule has 0 heterocycles. The largest absolute Gasteiger partial charge is 0.472 e. The van der Waals surface area contributed by atoms with Crippen LogP contribution in [0.2, 0.25) is 0 Å². The summed E-state index contributed by atoms with van der Waals surface area (Å²) in [7, 11) is -9.81. The van der Waals surface area contributed by atoms with E-state index in [0.717, 1.165) is 70.6 Å². The molecule has 0 saturated heterocycles. The first-order chi connectivity index (χ1) is 30.2. The Morgan fingerprint density at radius 3 is 1.51 bits per heavy atom. The molecule has 0 radical (unpaired) electrons. The lowest BCUT2D eigenvalue weighted by Gasteiger charge is -2.21. The Labute approximate surface area is 375 Å². The van der Waals surface area contributed by atoms with Crippen molar-refractivity contribution in [2.45, 2.75) is 154 Å². The first-order valence-electron chi connectivity index (χ1n) is 22.1. The van der Waals surface area contributed by atoms with Crippen LogP contribution >= 0.6 is 15.6 Å². The smallest absolute Gasteiger partial charge is 0.462 e. The van der Waals surface area contributed by atoms with Gasteiger partial charge in [0.25, 0.3) is 0 Å². The topological polar surface area (TPSA) is 236 Å². The van der Waals surface area contributed by atoms with Gasteiger partial charge in [-0.1, -0.05) is 124 Å². The number of hydrogen-bond acceptors (Lipinski definition) is 12. The summed E-state index contributed by atoms with van der Waals surface area (Å²) in [6, 6.07) is 0. The zero-order chi connectivity index (χ0) is 46.9. The van der Waals surface area contributed by atoms with Crippen molar-refractivity contribution < 1.29 is 71.8 Å². The number of ether oxygens (including phenoxy) is 2. The molecule has 0 bridgehead atoms. The van der Waals surface area contributed by atoms with Crippen LogP contribution in [-0.4, -0.2) is 92.8 Å². The summed E-state index contributed by atoms with van der Waals surface area (Å²) >= 11 is 0. The number of hydrogen-bond donors (Lipinski definition) is 6. The van der Waals surface area contributed by atoms with Gasteiger partial charge in [-0.2, -0.15) is 0 Å². The first-order valence-corrected chi connectivity index (χ1v) is 25.1. The van der Waals surface area contributed by atoms with Gasteiger partial charge in [-0.3, -0.25) is 23.2 Å². The quantitative estimate of drug-likeness (QED) is 0.0145. The number of unbranched alkanes of at least 4 members (excludes halogenated alkanes) is 4. The van der Waals surface area contributed by atoms with Gasteiger partial charge in [0.05, 0.1) is 32.0 Å². The predicted octanol–water partition coefficient (Wildman–Crippen LogP) is 9.28. The molecule has 5 atom stereocenters. The third-order valence-electron chi connectivity index (χ3n) is 8.66. The molecule has 17 heteroatoms. The summed E-state index contributed by atoms with van der Waals surface area (Å²) in [4.78, 5) is 52.8. The van der Waals surface area contributed by atoms with Crippen LogP contribution in [-0.2, 0) is 41.8 Å². The zero-order valence-electron chi connectivity index (χ0n) is 37.4. The Balaban J connectivity index is 4.81. The maximum atomic E-state index is 12.7. The molecule has 0 aliphatic rings. The van der Waals surface area contributed by atoms with Gasteiger partial charge in [-0.05, 0) is 89.9 Å². The number of phosphoric ester groups is 2. The molecule has 0 aromatic heterocycles. The van der Waals surface area contributed by atoms with Gasteiger partial charge in [0.15, 0.2) is 6.10 Å². The average Bonchev–Trinajstić information content (AvgIpc) is 3.24. The molecule has 0 aromatic rings. The van der Waals surface area contributed by atoms with Crippen LogP contribution in [0.4, 0.5) is 0 Å². The molecule has 0 rings (SSSR count). The van der Waals surface area contributed by atoms with E-state index < -0.39 is 78.4 Å². The minimum absolute atomic E-state index is 0.0805. The van der Waals surface area contributed by atoms with Crippen LogP contribution in [0.1, 0.15) is 129 Å². The number of rotatable bonds is 40. The lowest BCUT2D eigenvalue weighted by atomic mass is 10.0. The molecule has 15 nitrogen and oxygen atoms in total. The van der Waals surface area contributed by atoms with Crippen molar-refractivity contribution in [2.24, 2.45) is 0 Å². The SMILES string of the molecule is CC/C=C\C/C=C\C/C=C\C/C=C\CCCCCCC(=O)OC[C@H](COP(=O)(O)OC[C@@H](O)COP(=O)(O)O)OC(=O)CCC[C@@H](O)[C@H](O)C/C=C\C/C=C\C/C=C\C/C=C\CC. The number of aliphatic hydroxyl groups is 3. The summed E-state index contributed by atoms with van der Waals surface area (Å²) in [5.41, 5.74) is 0. The van der Waals surface area contributed by atoms with Gasteiger partial charge in [0.2, 0.25) is 0 Å². The molecule has 6 N–H and O–H groups in total. The predicted molar refractivity (Wildman–Crippen MR) is 246 cm³/mol. The van der Waals surface area contributed by atoms with Crippen LogP contribution in [0, 0.1) is 0 Å². The molecular formula is C46H76O15P2. The second-order valence-electron chi connectivity index (χ2n) is 14.5. The second kappa shape index (κ2) is 40.5. The van der Waals surface area contributed by atoms with Crippen LogP contribution in [0.3, 0.4) is 0 Å². The fourth-order valence-electron chi connectivity index (χ4n) is 5.25. The third kappa shape index (κ3) is 42.7. The number of esters is 2. The first kappa shape index (κ1) is 60.0. The lowest BCUT2D eigenvalue weighted by molar-refractivity contribution is -0.161. The van der Waals surface area contributed by atoms with Crippen molar-refractivity contribution in [1.29, 1.82) is 0 Å². The van der Waals surface area contributed by atoms with Gasteiger partial charge in [-0.25, -0.2) is 9.13 Å². The molecule has 0 aromatic carbocycles. The number of aliphatic hydroxyl groups excluding tert-OH is 3. The molecule has 63 heavy (non-hydrogen) atoms. The van der Waals surface area contributed by atoms with Crippen LogP contribution in [0.25, 0.3) is 0 Å². The Morgan fingerprint density at radius 2 is 0.968 bits per heavy atom. The number of carbonyl (C=O) groups excluding carboxylic acids is 2. The van der Waals surface area contributed by atoms with Crippen molar-refractivity contribution in [3.05, 3.63) is 97.2 Å². The molecular weight excluding hydrogens is 854 g/mol. The van der Waals surface area contributed by atoms with E-state index in [1.165, 1.54) is 0 Å².